The summed E-state index contributed by atoms with van der Waals surface area (Å²) in [5, 5.41) is 11.3. The van der Waals surface area contributed by atoms with Crippen molar-refractivity contribution < 1.29 is 33.6 Å². The van der Waals surface area contributed by atoms with Crippen LogP contribution in [-0.2, 0) is 28.5 Å². The summed E-state index contributed by atoms with van der Waals surface area (Å²) >= 11 is 0. The third-order valence-electron chi connectivity index (χ3n) is 15.4. The Hall–Kier alpha value is -1.18. The third-order valence-corrected chi connectivity index (χ3v) is 15.4. The molecule has 0 aromatic carbocycles. The van der Waals surface area contributed by atoms with Crippen LogP contribution in [0.3, 0.4) is 0 Å². The smallest absolute Gasteiger partial charge is 0.312 e. The van der Waals surface area contributed by atoms with E-state index >= 15 is 0 Å². The molecule has 7 nitrogen and oxygen atoms in total. The normalized spacial score (nSPS) is 57.2. The quantitative estimate of drug-likeness (QED) is 0.381. The molecule has 0 radical (unpaired) electrons. The minimum atomic E-state index is -0.711. The molecule has 1 heterocycles. The minimum absolute atomic E-state index is 0.0273. The summed E-state index contributed by atoms with van der Waals surface area (Å²) in [6.07, 6.45) is 18.0. The van der Waals surface area contributed by atoms with E-state index in [2.05, 4.69) is 0 Å². The predicted octanol–water partition coefficient (Wildman–Crippen LogP) is 5.81. The Bertz CT molecular complexity index is 1150. The van der Waals surface area contributed by atoms with Crippen LogP contribution in [0.1, 0.15) is 109 Å². The van der Waals surface area contributed by atoms with E-state index in [1.54, 1.807) is 0 Å². The summed E-state index contributed by atoms with van der Waals surface area (Å²) in [7, 11) is 0. The van der Waals surface area contributed by atoms with Gasteiger partial charge in [-0.05, 0) is 151 Å². The third kappa shape index (κ3) is 4.09. The van der Waals surface area contributed by atoms with E-state index in [1.165, 1.54) is 51.4 Å². The molecule has 12 aliphatic carbocycles. The van der Waals surface area contributed by atoms with Crippen molar-refractivity contribution in [1.29, 1.82) is 0 Å². The van der Waals surface area contributed by atoms with E-state index in [9.17, 15) is 14.7 Å². The Morgan fingerprint density at radius 1 is 0.568 bits per heavy atom. The van der Waals surface area contributed by atoms with Crippen molar-refractivity contribution in [2.75, 3.05) is 26.4 Å². The average molecular weight is 609 g/mol. The molecule has 7 heteroatoms. The molecule has 12 saturated carbocycles. The van der Waals surface area contributed by atoms with Crippen molar-refractivity contribution in [1.82, 2.24) is 0 Å². The maximum Gasteiger partial charge on any atom is 0.312 e. The van der Waals surface area contributed by atoms with Crippen LogP contribution >= 0.6 is 0 Å². The lowest BCUT2D eigenvalue weighted by molar-refractivity contribution is -0.385. The molecule has 1 spiro atoms. The molecule has 2 atom stereocenters. The van der Waals surface area contributed by atoms with E-state index in [4.69, 9.17) is 18.9 Å². The Morgan fingerprint density at radius 3 is 1.50 bits per heavy atom. The fourth-order valence-corrected chi connectivity index (χ4v) is 14.7. The van der Waals surface area contributed by atoms with Gasteiger partial charge >= 0.3 is 11.9 Å². The number of ether oxygens (including phenoxy) is 4. The van der Waals surface area contributed by atoms with Crippen molar-refractivity contribution in [3.8, 4) is 0 Å². The second-order valence-corrected chi connectivity index (χ2v) is 18.9. The zero-order valence-corrected chi connectivity index (χ0v) is 26.4. The summed E-state index contributed by atoms with van der Waals surface area (Å²) in [5.74, 6) is 4.69. The Labute approximate surface area is 261 Å². The van der Waals surface area contributed by atoms with Gasteiger partial charge in [0.05, 0.1) is 35.1 Å². The molecule has 242 valence electrons. The van der Waals surface area contributed by atoms with E-state index in [0.29, 0.717) is 61.1 Å². The van der Waals surface area contributed by atoms with Crippen molar-refractivity contribution in [3.63, 3.8) is 0 Å². The predicted molar refractivity (Wildman–Crippen MR) is 159 cm³/mol. The molecule has 0 aromatic rings. The summed E-state index contributed by atoms with van der Waals surface area (Å²) in [6.45, 7) is 1.13. The summed E-state index contributed by atoms with van der Waals surface area (Å²) < 4.78 is 26.4. The van der Waals surface area contributed by atoms with Crippen molar-refractivity contribution >= 4 is 11.9 Å². The number of rotatable bonds is 6. The van der Waals surface area contributed by atoms with Crippen LogP contribution in [0, 0.1) is 69.5 Å². The minimum Gasteiger partial charge on any atom is -0.464 e. The van der Waals surface area contributed by atoms with Gasteiger partial charge in [0.25, 0.3) is 0 Å². The van der Waals surface area contributed by atoms with E-state index < -0.39 is 22.2 Å². The molecule has 1 aliphatic heterocycles. The van der Waals surface area contributed by atoms with Gasteiger partial charge in [-0.3, -0.25) is 9.59 Å². The van der Waals surface area contributed by atoms with E-state index in [0.717, 1.165) is 63.2 Å². The summed E-state index contributed by atoms with van der Waals surface area (Å²) in [4.78, 5) is 27.9. The molecule has 12 bridgehead atoms. The molecule has 44 heavy (non-hydrogen) atoms. The number of aliphatic hydroxyl groups is 1. The van der Waals surface area contributed by atoms with Crippen LogP contribution in [0.4, 0.5) is 0 Å². The molecule has 0 aromatic heterocycles. The number of hydrogen-bond donors (Lipinski definition) is 1. The summed E-state index contributed by atoms with van der Waals surface area (Å²) in [5.41, 5.74) is -2.31. The van der Waals surface area contributed by atoms with Gasteiger partial charge in [0.2, 0.25) is 0 Å². The van der Waals surface area contributed by atoms with Crippen LogP contribution in [0.2, 0.25) is 0 Å². The van der Waals surface area contributed by atoms with Crippen LogP contribution in [0.25, 0.3) is 0 Å². The van der Waals surface area contributed by atoms with E-state index in [1.807, 2.05) is 0 Å². The monoisotopic (exact) mass is 608 g/mol. The van der Waals surface area contributed by atoms with Crippen molar-refractivity contribution in [2.45, 2.75) is 121 Å². The highest BCUT2D eigenvalue weighted by molar-refractivity contribution is 5.78. The highest BCUT2D eigenvalue weighted by atomic mass is 16.7. The first-order chi connectivity index (χ1) is 21.1. The van der Waals surface area contributed by atoms with Gasteiger partial charge in [0, 0.05) is 11.8 Å². The van der Waals surface area contributed by atoms with Gasteiger partial charge in [-0.25, -0.2) is 0 Å². The second-order valence-electron chi connectivity index (χ2n) is 18.9. The Balaban J connectivity index is 0.878. The van der Waals surface area contributed by atoms with Gasteiger partial charge in [-0.15, -0.1) is 0 Å². The highest BCUT2D eigenvalue weighted by Gasteiger charge is 2.64. The SMILES string of the molecule is O=C(OCC1(COC(=O)C23CC4CC(CC(O)(C4)C2)C3)COC2(OC1)C1CC3CC(C1)CC2C3)C12CC3CC(CC(C3)C1)C2. The second kappa shape index (κ2) is 9.24. The van der Waals surface area contributed by atoms with Crippen molar-refractivity contribution in [2.24, 2.45) is 69.5 Å². The number of carbonyl (C=O) groups excluding carboxylic acids is 2. The van der Waals surface area contributed by atoms with Crippen LogP contribution in [0.5, 0.6) is 0 Å². The van der Waals surface area contributed by atoms with Crippen molar-refractivity contribution in [3.05, 3.63) is 0 Å². The zero-order chi connectivity index (χ0) is 29.5. The molecule has 2 unspecified atom stereocenters. The van der Waals surface area contributed by atoms with Gasteiger partial charge < -0.3 is 24.1 Å². The number of hydrogen-bond acceptors (Lipinski definition) is 7. The first-order valence-electron chi connectivity index (χ1n) is 18.5. The lowest BCUT2D eigenvalue weighted by atomic mass is 9.48. The van der Waals surface area contributed by atoms with Gasteiger partial charge in [0.15, 0.2) is 5.79 Å². The molecular formula is C37H52O7. The first-order valence-corrected chi connectivity index (χ1v) is 18.5. The van der Waals surface area contributed by atoms with Gasteiger partial charge in [-0.2, -0.15) is 0 Å². The maximum atomic E-state index is 14.0. The molecule has 13 aliphatic rings. The number of esters is 2. The van der Waals surface area contributed by atoms with Crippen LogP contribution in [0.15, 0.2) is 0 Å². The number of carbonyl (C=O) groups is 2. The van der Waals surface area contributed by atoms with Gasteiger partial charge in [-0.1, -0.05) is 0 Å². The molecule has 1 N–H and O–H groups in total. The average Bonchev–Trinajstić information content (AvgIpc) is 2.96. The molecule has 0 amide bonds. The fourth-order valence-electron chi connectivity index (χ4n) is 14.7. The zero-order valence-electron chi connectivity index (χ0n) is 26.4. The standard InChI is InChI=1S/C37H52O7/c38-31(34-10-24-2-25(11-34)4-26(3-24)12-34)41-18-33(19-42-32(39)35-13-27-5-28(14-35)16-36(40,15-27)17-35)20-43-37(44-21-33)29-6-22-1-23(8-29)9-30(37)7-22/h22-30,40H,1-21H2. The molecular weight excluding hydrogens is 556 g/mol. The molecule has 13 rings (SSSR count). The Morgan fingerprint density at radius 2 is 1.00 bits per heavy atom. The topological polar surface area (TPSA) is 91.3 Å². The van der Waals surface area contributed by atoms with E-state index in [-0.39, 0.29) is 30.6 Å². The lowest BCUT2D eigenvalue weighted by Gasteiger charge is -2.62. The summed E-state index contributed by atoms with van der Waals surface area (Å²) in [6, 6.07) is 0. The molecule has 1 saturated heterocycles. The molecule has 13 fully saturated rings. The first kappa shape index (κ1) is 27.9. The lowest BCUT2D eigenvalue weighted by Crippen LogP contribution is -2.65. The van der Waals surface area contributed by atoms with Gasteiger partial charge in [0.1, 0.15) is 13.2 Å². The van der Waals surface area contributed by atoms with Crippen LogP contribution < -0.4 is 0 Å². The fraction of sp³-hybridized carbons (Fsp3) is 0.946. The Kier molecular flexibility index (Phi) is 5.86. The maximum absolute atomic E-state index is 14.0. The largest absolute Gasteiger partial charge is 0.464 e. The highest BCUT2D eigenvalue weighted by Crippen LogP contribution is 2.64. The van der Waals surface area contributed by atoms with Crippen LogP contribution in [-0.4, -0.2) is 54.9 Å².